The van der Waals surface area contributed by atoms with Crippen LogP contribution in [0.3, 0.4) is 0 Å². The Hall–Kier alpha value is -1.10. The van der Waals surface area contributed by atoms with Crippen LogP contribution in [0.1, 0.15) is 45.4 Å². The van der Waals surface area contributed by atoms with Gasteiger partial charge in [0.2, 0.25) is 11.8 Å². The summed E-state index contributed by atoms with van der Waals surface area (Å²) in [4.78, 5) is 27.6. The first-order valence-corrected chi connectivity index (χ1v) is 7.89. The molecule has 1 saturated heterocycles. The van der Waals surface area contributed by atoms with Crippen LogP contribution in [-0.4, -0.2) is 53.8 Å². The topological polar surface area (TPSA) is 66.6 Å². The van der Waals surface area contributed by atoms with E-state index in [4.69, 9.17) is 5.73 Å². The molecular formula is C15H27N3O2. The van der Waals surface area contributed by atoms with Crippen molar-refractivity contribution in [2.45, 2.75) is 51.5 Å². The van der Waals surface area contributed by atoms with Crippen LogP contribution in [0.15, 0.2) is 0 Å². The van der Waals surface area contributed by atoms with Crippen molar-refractivity contribution in [3.8, 4) is 0 Å². The summed E-state index contributed by atoms with van der Waals surface area (Å²) in [6.45, 7) is 4.32. The maximum Gasteiger partial charge on any atom is 0.239 e. The Balaban J connectivity index is 1.89. The molecule has 1 unspecified atom stereocenters. The molecule has 2 fully saturated rings. The third-order valence-corrected chi connectivity index (χ3v) is 4.70. The molecule has 0 aromatic carbocycles. The van der Waals surface area contributed by atoms with Crippen LogP contribution in [0.4, 0.5) is 0 Å². The van der Waals surface area contributed by atoms with E-state index in [9.17, 15) is 9.59 Å². The van der Waals surface area contributed by atoms with Gasteiger partial charge in [-0.3, -0.25) is 9.59 Å². The van der Waals surface area contributed by atoms with Gasteiger partial charge < -0.3 is 15.5 Å². The molecular weight excluding hydrogens is 254 g/mol. The molecule has 1 aliphatic carbocycles. The van der Waals surface area contributed by atoms with Gasteiger partial charge in [-0.25, -0.2) is 0 Å². The molecule has 2 amide bonds. The van der Waals surface area contributed by atoms with Crippen LogP contribution in [0, 0.1) is 5.92 Å². The fourth-order valence-corrected chi connectivity index (χ4v) is 3.36. The summed E-state index contributed by atoms with van der Waals surface area (Å²) in [5.41, 5.74) is 6.20. The highest BCUT2D eigenvalue weighted by Gasteiger charge is 2.30. The molecule has 1 saturated carbocycles. The van der Waals surface area contributed by atoms with E-state index in [1.165, 1.54) is 19.3 Å². The first-order chi connectivity index (χ1) is 9.59. The van der Waals surface area contributed by atoms with Gasteiger partial charge in [0.25, 0.3) is 0 Å². The van der Waals surface area contributed by atoms with E-state index >= 15 is 0 Å². The highest BCUT2D eigenvalue weighted by atomic mass is 16.2. The predicted molar refractivity (Wildman–Crippen MR) is 78.0 cm³/mol. The van der Waals surface area contributed by atoms with Crippen LogP contribution in [0.5, 0.6) is 0 Å². The van der Waals surface area contributed by atoms with E-state index in [-0.39, 0.29) is 17.9 Å². The van der Waals surface area contributed by atoms with E-state index < -0.39 is 0 Å². The van der Waals surface area contributed by atoms with E-state index in [0.29, 0.717) is 19.0 Å². The summed E-state index contributed by atoms with van der Waals surface area (Å²) in [7, 11) is 0. The summed E-state index contributed by atoms with van der Waals surface area (Å²) >= 11 is 0. The molecule has 2 N–H and O–H groups in total. The van der Waals surface area contributed by atoms with Gasteiger partial charge in [-0.2, -0.15) is 0 Å². The van der Waals surface area contributed by atoms with Crippen molar-refractivity contribution in [2.75, 3.05) is 26.2 Å². The van der Waals surface area contributed by atoms with Gasteiger partial charge >= 0.3 is 0 Å². The lowest BCUT2D eigenvalue weighted by atomic mass is 9.84. The monoisotopic (exact) mass is 281 g/mol. The van der Waals surface area contributed by atoms with Crippen molar-refractivity contribution in [1.29, 1.82) is 0 Å². The van der Waals surface area contributed by atoms with Crippen LogP contribution in [0.25, 0.3) is 0 Å². The Labute approximate surface area is 121 Å². The quantitative estimate of drug-likeness (QED) is 0.820. The van der Waals surface area contributed by atoms with Gasteiger partial charge in [-0.15, -0.1) is 0 Å². The van der Waals surface area contributed by atoms with Crippen molar-refractivity contribution in [3.05, 3.63) is 0 Å². The standard InChI is InChI=1S/C15H27N3O2/c1-12(19)17-8-5-9-18(11-10-17)15(20)14(16)13-6-3-2-4-7-13/h13-14H,2-11,16H2,1H3. The van der Waals surface area contributed by atoms with Crippen LogP contribution in [-0.2, 0) is 9.59 Å². The van der Waals surface area contributed by atoms with Crippen molar-refractivity contribution in [3.63, 3.8) is 0 Å². The molecule has 2 rings (SSSR count). The lowest BCUT2D eigenvalue weighted by Crippen LogP contribution is -2.49. The summed E-state index contributed by atoms with van der Waals surface area (Å²) in [5.74, 6) is 0.529. The SMILES string of the molecule is CC(=O)N1CCCN(C(=O)C(N)C2CCCCC2)CC1. The van der Waals surface area contributed by atoms with Crippen LogP contribution < -0.4 is 5.73 Å². The van der Waals surface area contributed by atoms with Gasteiger partial charge in [-0.1, -0.05) is 19.3 Å². The van der Waals surface area contributed by atoms with E-state index in [1.54, 1.807) is 6.92 Å². The molecule has 114 valence electrons. The molecule has 0 aromatic rings. The summed E-state index contributed by atoms with van der Waals surface area (Å²) in [5, 5.41) is 0. The zero-order valence-electron chi connectivity index (χ0n) is 12.5. The number of carbonyl (C=O) groups is 2. The highest BCUT2D eigenvalue weighted by Crippen LogP contribution is 2.26. The molecule has 5 nitrogen and oxygen atoms in total. The molecule has 1 aliphatic heterocycles. The number of rotatable bonds is 2. The second-order valence-electron chi connectivity index (χ2n) is 6.11. The van der Waals surface area contributed by atoms with Crippen molar-refractivity contribution in [2.24, 2.45) is 11.7 Å². The summed E-state index contributed by atoms with van der Waals surface area (Å²) < 4.78 is 0. The largest absolute Gasteiger partial charge is 0.341 e. The number of nitrogens with zero attached hydrogens (tertiary/aromatic N) is 2. The second-order valence-corrected chi connectivity index (χ2v) is 6.11. The van der Waals surface area contributed by atoms with Crippen LogP contribution in [0.2, 0.25) is 0 Å². The van der Waals surface area contributed by atoms with Crippen LogP contribution >= 0.6 is 0 Å². The smallest absolute Gasteiger partial charge is 0.239 e. The molecule has 20 heavy (non-hydrogen) atoms. The molecule has 2 aliphatic rings. The third kappa shape index (κ3) is 3.72. The minimum Gasteiger partial charge on any atom is -0.341 e. The van der Waals surface area contributed by atoms with Gasteiger partial charge in [0.1, 0.15) is 0 Å². The Morgan fingerprint density at radius 2 is 1.55 bits per heavy atom. The third-order valence-electron chi connectivity index (χ3n) is 4.70. The fourth-order valence-electron chi connectivity index (χ4n) is 3.36. The summed E-state index contributed by atoms with van der Waals surface area (Å²) in [6.07, 6.45) is 6.69. The van der Waals surface area contributed by atoms with E-state index in [2.05, 4.69) is 0 Å². The first kappa shape index (κ1) is 15.3. The number of amides is 2. The minimum atomic E-state index is -0.348. The zero-order chi connectivity index (χ0) is 14.5. The molecule has 0 radical (unpaired) electrons. The van der Waals surface area contributed by atoms with Gasteiger partial charge in [0.15, 0.2) is 0 Å². The van der Waals surface area contributed by atoms with Gasteiger partial charge in [0.05, 0.1) is 6.04 Å². The average Bonchev–Trinajstić information content (AvgIpc) is 2.72. The number of hydrogen-bond donors (Lipinski definition) is 1. The molecule has 0 aromatic heterocycles. The number of nitrogens with two attached hydrogens (primary N) is 1. The van der Waals surface area contributed by atoms with E-state index in [1.807, 2.05) is 9.80 Å². The molecule has 5 heteroatoms. The molecule has 1 atom stereocenters. The predicted octanol–water partition coefficient (Wildman–Crippen LogP) is 0.975. The Morgan fingerprint density at radius 3 is 2.20 bits per heavy atom. The highest BCUT2D eigenvalue weighted by molar-refractivity contribution is 5.82. The Morgan fingerprint density at radius 1 is 0.950 bits per heavy atom. The van der Waals surface area contributed by atoms with Crippen molar-refractivity contribution in [1.82, 2.24) is 9.80 Å². The Bertz CT molecular complexity index is 353. The van der Waals surface area contributed by atoms with Gasteiger partial charge in [-0.05, 0) is 25.2 Å². The maximum atomic E-state index is 12.5. The lowest BCUT2D eigenvalue weighted by Gasteiger charge is -2.31. The van der Waals surface area contributed by atoms with Crippen molar-refractivity contribution >= 4 is 11.8 Å². The molecule has 1 heterocycles. The van der Waals surface area contributed by atoms with Crippen molar-refractivity contribution < 1.29 is 9.59 Å². The second kappa shape index (κ2) is 7.07. The minimum absolute atomic E-state index is 0.0855. The average molecular weight is 281 g/mol. The van der Waals surface area contributed by atoms with Gasteiger partial charge in [0, 0.05) is 33.1 Å². The number of hydrogen-bond acceptors (Lipinski definition) is 3. The molecule has 0 spiro atoms. The first-order valence-electron chi connectivity index (χ1n) is 7.89. The molecule has 0 bridgehead atoms. The fraction of sp³-hybridized carbons (Fsp3) is 0.867. The number of carbonyl (C=O) groups excluding carboxylic acids is 2. The Kier molecular flexibility index (Phi) is 5.40. The normalized spacial score (nSPS) is 23.3. The van der Waals surface area contributed by atoms with E-state index in [0.717, 1.165) is 32.4 Å². The lowest BCUT2D eigenvalue weighted by molar-refractivity contribution is -0.135. The summed E-state index contributed by atoms with van der Waals surface area (Å²) in [6, 6.07) is -0.348. The maximum absolute atomic E-state index is 12.5. The zero-order valence-corrected chi connectivity index (χ0v) is 12.5.